The monoisotopic (exact) mass is 258 g/mol. The van der Waals surface area contributed by atoms with Crippen LogP contribution in [0.4, 0.5) is 0 Å². The van der Waals surface area contributed by atoms with Gasteiger partial charge in [-0.1, -0.05) is 26.7 Å². The van der Waals surface area contributed by atoms with Crippen LogP contribution in [0.15, 0.2) is 0 Å². The fourth-order valence-electron chi connectivity index (χ4n) is 2.30. The molecule has 2 atom stereocenters. The molecule has 0 saturated heterocycles. The van der Waals surface area contributed by atoms with Crippen LogP contribution in [0, 0.1) is 11.8 Å². The number of rotatable bonds is 5. The first kappa shape index (κ1) is 17.1. The van der Waals surface area contributed by atoms with Crippen molar-refractivity contribution in [2.45, 2.75) is 46.5 Å². The second kappa shape index (κ2) is 10.0. The fourth-order valence-corrected chi connectivity index (χ4v) is 2.30. The first-order chi connectivity index (χ1) is 8.66. The predicted molar refractivity (Wildman–Crippen MR) is 70.3 cm³/mol. The summed E-state index contributed by atoms with van der Waals surface area (Å²) in [5, 5.41) is 11.1. The number of nitrogens with one attached hydrogen (secondary N) is 2. The molecular weight excluding hydrogens is 232 g/mol. The van der Waals surface area contributed by atoms with E-state index >= 15 is 0 Å². The number of carbonyl (C=O) groups is 2. The maximum atomic E-state index is 11.8. The van der Waals surface area contributed by atoms with E-state index in [1.165, 1.54) is 0 Å². The van der Waals surface area contributed by atoms with Gasteiger partial charge in [0.05, 0.1) is 0 Å². The molecule has 0 aromatic heterocycles. The molecule has 1 aliphatic rings. The normalized spacial score (nSPS) is 22.7. The molecule has 3 N–H and O–H groups in total. The third kappa shape index (κ3) is 5.60. The van der Waals surface area contributed by atoms with Crippen LogP contribution in [0.2, 0.25) is 0 Å². The minimum Gasteiger partial charge on any atom is -0.354 e. The predicted octanol–water partition coefficient (Wildman–Crippen LogP) is 1.50. The van der Waals surface area contributed by atoms with Gasteiger partial charge in [0.15, 0.2) is 0 Å². The Morgan fingerprint density at radius 3 is 2.17 bits per heavy atom. The lowest BCUT2D eigenvalue weighted by Crippen LogP contribution is -2.41. The van der Waals surface area contributed by atoms with Crippen LogP contribution in [0.3, 0.4) is 0 Å². The lowest BCUT2D eigenvalue weighted by molar-refractivity contribution is -0.134. The number of amides is 1. The number of hydrogen-bond acceptors (Lipinski definition) is 4. The Morgan fingerprint density at radius 1 is 1.11 bits per heavy atom. The lowest BCUT2D eigenvalue weighted by atomic mass is 9.77. The summed E-state index contributed by atoms with van der Waals surface area (Å²) in [5.41, 5.74) is 1.98. The van der Waals surface area contributed by atoms with Crippen LogP contribution in [0.1, 0.15) is 46.5 Å². The SMILES string of the molecule is CC.CC(=O)[C@@H]1CCCC[C@@H]1C(=O)NCCNO. The molecule has 0 aromatic carbocycles. The molecule has 106 valence electrons. The lowest BCUT2D eigenvalue weighted by Gasteiger charge is -2.28. The van der Waals surface area contributed by atoms with Crippen molar-refractivity contribution < 1.29 is 14.8 Å². The summed E-state index contributed by atoms with van der Waals surface area (Å²) >= 11 is 0. The minimum absolute atomic E-state index is 0.0600. The highest BCUT2D eigenvalue weighted by atomic mass is 16.5. The van der Waals surface area contributed by atoms with E-state index in [1.807, 2.05) is 19.3 Å². The van der Waals surface area contributed by atoms with E-state index in [2.05, 4.69) is 5.32 Å². The van der Waals surface area contributed by atoms with E-state index in [-0.39, 0.29) is 23.5 Å². The molecule has 0 unspecified atom stereocenters. The highest BCUT2D eigenvalue weighted by Crippen LogP contribution is 2.30. The highest BCUT2D eigenvalue weighted by Gasteiger charge is 2.33. The maximum Gasteiger partial charge on any atom is 0.223 e. The van der Waals surface area contributed by atoms with E-state index in [4.69, 9.17) is 5.21 Å². The summed E-state index contributed by atoms with van der Waals surface area (Å²) in [7, 11) is 0. The van der Waals surface area contributed by atoms with Gasteiger partial charge in [-0.3, -0.25) is 9.59 Å². The average molecular weight is 258 g/mol. The number of Topliss-reactive ketones (excluding diaryl/α,β-unsaturated/α-hetero) is 1. The first-order valence-corrected chi connectivity index (χ1v) is 6.82. The molecule has 1 amide bonds. The quantitative estimate of drug-likeness (QED) is 0.516. The van der Waals surface area contributed by atoms with E-state index in [0.717, 1.165) is 25.7 Å². The summed E-state index contributed by atoms with van der Waals surface area (Å²) in [6.45, 7) is 6.27. The smallest absolute Gasteiger partial charge is 0.223 e. The van der Waals surface area contributed by atoms with Crippen molar-refractivity contribution in [3.8, 4) is 0 Å². The standard InChI is InChI=1S/C11H20N2O3.C2H6/c1-8(14)9-4-2-3-5-10(9)11(15)12-6-7-13-16;1-2/h9-10,13,16H,2-7H2,1H3,(H,12,15);1-2H3/t9-,10-;/m0./s1. The van der Waals surface area contributed by atoms with E-state index in [1.54, 1.807) is 6.92 Å². The van der Waals surface area contributed by atoms with E-state index < -0.39 is 0 Å². The van der Waals surface area contributed by atoms with Crippen LogP contribution >= 0.6 is 0 Å². The van der Waals surface area contributed by atoms with E-state index in [0.29, 0.717) is 13.1 Å². The summed E-state index contributed by atoms with van der Waals surface area (Å²) < 4.78 is 0. The van der Waals surface area contributed by atoms with Gasteiger partial charge in [-0.15, -0.1) is 0 Å². The molecule has 0 spiro atoms. The summed E-state index contributed by atoms with van der Waals surface area (Å²) in [4.78, 5) is 23.2. The summed E-state index contributed by atoms with van der Waals surface area (Å²) in [6, 6.07) is 0. The Bertz CT molecular complexity index is 257. The minimum atomic E-state index is -0.176. The molecule has 1 rings (SSSR count). The zero-order valence-electron chi connectivity index (χ0n) is 11.7. The Labute approximate surface area is 109 Å². The van der Waals surface area contributed by atoms with Crippen molar-refractivity contribution in [3.63, 3.8) is 0 Å². The molecule has 0 aromatic rings. The maximum absolute atomic E-state index is 11.8. The zero-order valence-corrected chi connectivity index (χ0v) is 11.7. The first-order valence-electron chi connectivity index (χ1n) is 6.82. The average Bonchev–Trinajstić information content (AvgIpc) is 2.41. The van der Waals surface area contributed by atoms with Crippen molar-refractivity contribution in [2.75, 3.05) is 13.1 Å². The Hall–Kier alpha value is -0.940. The van der Waals surface area contributed by atoms with Gasteiger partial charge >= 0.3 is 0 Å². The van der Waals surface area contributed by atoms with E-state index in [9.17, 15) is 9.59 Å². The molecule has 1 aliphatic carbocycles. The van der Waals surface area contributed by atoms with Gasteiger partial charge < -0.3 is 10.5 Å². The molecule has 0 radical (unpaired) electrons. The third-order valence-corrected chi connectivity index (χ3v) is 3.16. The zero-order chi connectivity index (χ0) is 14.0. The van der Waals surface area contributed by atoms with Crippen LogP contribution in [-0.2, 0) is 9.59 Å². The molecule has 0 heterocycles. The highest BCUT2D eigenvalue weighted by molar-refractivity contribution is 5.87. The molecule has 0 bridgehead atoms. The molecule has 1 saturated carbocycles. The van der Waals surface area contributed by atoms with Crippen molar-refractivity contribution >= 4 is 11.7 Å². The number of hydroxylamine groups is 1. The molecule has 18 heavy (non-hydrogen) atoms. The molecule has 1 fully saturated rings. The van der Waals surface area contributed by atoms with Gasteiger partial charge in [-0.25, -0.2) is 5.48 Å². The van der Waals surface area contributed by atoms with Crippen LogP contribution in [0.25, 0.3) is 0 Å². The van der Waals surface area contributed by atoms with Crippen LogP contribution in [0.5, 0.6) is 0 Å². The topological polar surface area (TPSA) is 78.4 Å². The summed E-state index contributed by atoms with van der Waals surface area (Å²) in [6.07, 6.45) is 3.67. The van der Waals surface area contributed by atoms with Crippen LogP contribution in [-0.4, -0.2) is 30.0 Å². The molecule has 5 heteroatoms. The second-order valence-corrected chi connectivity index (χ2v) is 4.31. The largest absolute Gasteiger partial charge is 0.354 e. The molecule has 5 nitrogen and oxygen atoms in total. The van der Waals surface area contributed by atoms with Gasteiger partial charge in [0.25, 0.3) is 0 Å². The molecule has 0 aliphatic heterocycles. The third-order valence-electron chi connectivity index (χ3n) is 3.16. The Balaban J connectivity index is 0.00000137. The van der Waals surface area contributed by atoms with Crippen molar-refractivity contribution in [1.82, 2.24) is 10.8 Å². The van der Waals surface area contributed by atoms with Gasteiger partial charge in [-0.05, 0) is 19.8 Å². The summed E-state index contributed by atoms with van der Waals surface area (Å²) in [5.74, 6) is -0.240. The number of ketones is 1. The van der Waals surface area contributed by atoms with Crippen molar-refractivity contribution in [1.29, 1.82) is 0 Å². The Kier molecular flexibility index (Phi) is 9.50. The van der Waals surface area contributed by atoms with Crippen molar-refractivity contribution in [2.24, 2.45) is 11.8 Å². The number of hydrogen-bond donors (Lipinski definition) is 3. The van der Waals surface area contributed by atoms with Crippen LogP contribution < -0.4 is 10.8 Å². The van der Waals surface area contributed by atoms with Gasteiger partial charge in [0.1, 0.15) is 5.78 Å². The van der Waals surface area contributed by atoms with Crippen molar-refractivity contribution in [3.05, 3.63) is 0 Å². The Morgan fingerprint density at radius 2 is 1.67 bits per heavy atom. The van der Waals surface area contributed by atoms with Gasteiger partial charge in [-0.2, -0.15) is 0 Å². The molecular formula is C13H26N2O3. The van der Waals surface area contributed by atoms with Gasteiger partial charge in [0.2, 0.25) is 5.91 Å². The second-order valence-electron chi connectivity index (χ2n) is 4.31. The van der Waals surface area contributed by atoms with Gasteiger partial charge in [0, 0.05) is 24.9 Å². The fraction of sp³-hybridized carbons (Fsp3) is 0.846. The number of carbonyl (C=O) groups excluding carboxylic acids is 2.